The van der Waals surface area contributed by atoms with Crippen molar-refractivity contribution in [3.05, 3.63) is 122 Å². The summed E-state index contributed by atoms with van der Waals surface area (Å²) < 4.78 is 22.8. The van der Waals surface area contributed by atoms with Crippen LogP contribution in [0.1, 0.15) is 284 Å². The lowest BCUT2D eigenvalue weighted by Crippen LogP contribution is -2.44. The number of quaternary nitrogens is 1. The fourth-order valence-corrected chi connectivity index (χ4v) is 9.41. The summed E-state index contributed by atoms with van der Waals surface area (Å²) in [5.41, 5.74) is 0. The van der Waals surface area contributed by atoms with E-state index < -0.39 is 24.3 Å². The molecule has 0 aromatic heterocycles. The molecule has 0 fully saturated rings. The number of carboxylic acids is 1. The van der Waals surface area contributed by atoms with Crippen molar-refractivity contribution in [3.63, 3.8) is 0 Å². The Morgan fingerprint density at radius 1 is 0.365 bits per heavy atom. The topological polar surface area (TPSA) is 111 Å². The Morgan fingerprint density at radius 2 is 0.671 bits per heavy atom. The number of carboxylic acid groups (broad SMARTS) is 1. The van der Waals surface area contributed by atoms with E-state index in [0.29, 0.717) is 17.4 Å². The van der Waals surface area contributed by atoms with Gasteiger partial charge in [-0.05, 0) is 109 Å². The summed E-state index contributed by atoms with van der Waals surface area (Å²) in [7, 11) is 5.92. The van der Waals surface area contributed by atoms with Crippen LogP contribution in [0.2, 0.25) is 0 Å². The highest BCUT2D eigenvalue weighted by Crippen LogP contribution is 2.16. The Morgan fingerprint density at radius 3 is 1.01 bits per heavy atom. The Labute approximate surface area is 523 Å². The minimum Gasteiger partial charge on any atom is -0.545 e. The zero-order valence-electron chi connectivity index (χ0n) is 55.4. The highest BCUT2D eigenvalue weighted by molar-refractivity contribution is 5.70. The van der Waals surface area contributed by atoms with E-state index in [4.69, 9.17) is 18.9 Å². The number of carbonyl (C=O) groups is 3. The third-order valence-corrected chi connectivity index (χ3v) is 14.7. The minimum absolute atomic E-state index is 0.138. The van der Waals surface area contributed by atoms with Crippen LogP contribution in [0.3, 0.4) is 0 Å². The maximum atomic E-state index is 12.9. The van der Waals surface area contributed by atoms with E-state index in [2.05, 4.69) is 135 Å². The number of esters is 2. The van der Waals surface area contributed by atoms with Gasteiger partial charge in [-0.3, -0.25) is 9.59 Å². The van der Waals surface area contributed by atoms with Crippen molar-refractivity contribution < 1.29 is 42.9 Å². The van der Waals surface area contributed by atoms with Crippen molar-refractivity contribution in [2.75, 3.05) is 47.5 Å². The molecule has 9 nitrogen and oxygen atoms in total. The van der Waals surface area contributed by atoms with Crippen LogP contribution in [0.15, 0.2) is 122 Å². The second-order valence-electron chi connectivity index (χ2n) is 24.1. The number of unbranched alkanes of at least 4 members (excludes halogenated alkanes) is 28. The van der Waals surface area contributed by atoms with Crippen LogP contribution >= 0.6 is 0 Å². The Hall–Kier alpha value is -4.31. The van der Waals surface area contributed by atoms with Gasteiger partial charge in [0.1, 0.15) is 13.2 Å². The second-order valence-corrected chi connectivity index (χ2v) is 24.1. The molecule has 2 unspecified atom stereocenters. The molecule has 0 aliphatic carbocycles. The van der Waals surface area contributed by atoms with Crippen LogP contribution < -0.4 is 5.11 Å². The molecule has 0 rings (SSSR count). The Balaban J connectivity index is 4.22. The lowest BCUT2D eigenvalue weighted by molar-refractivity contribution is -0.870. The van der Waals surface area contributed by atoms with Gasteiger partial charge < -0.3 is 33.3 Å². The van der Waals surface area contributed by atoms with Gasteiger partial charge in [0.25, 0.3) is 0 Å². The standard InChI is InChI=1S/C76H129NO8/c1-6-8-10-12-14-16-18-20-22-24-26-28-30-32-34-35-36-37-38-39-41-43-45-47-49-51-53-55-57-59-61-63-65-67-74(79)85-72(71-84-76(75(80)81)82-69-68-77(3,4)5)70-83-73(78)66-64-62-60-58-56-54-52-50-48-46-44-42-40-33-31-29-27-25-23-21-19-17-15-13-11-9-7-2/h8,10,14,16,20,22,25-28,32,34,36-37,39,41,45,47,51,53,72,76H,6-7,9,11-13,15,17-19,21,23-24,29-31,33,35,38,40,42-44,46,48-50,52,54-71H2,1-5H3/b10-8-,16-14-,22-20-,27-25-,28-26-,34-32-,37-36-,41-39-,47-45-,53-51-. The van der Waals surface area contributed by atoms with Gasteiger partial charge in [-0.25, -0.2) is 0 Å². The summed E-state index contributed by atoms with van der Waals surface area (Å²) in [6, 6.07) is 0. The minimum atomic E-state index is -1.63. The predicted octanol–water partition coefficient (Wildman–Crippen LogP) is 20.2. The number of ether oxygens (including phenoxy) is 4. The maximum Gasteiger partial charge on any atom is 0.306 e. The molecule has 0 spiro atoms. The number of allylic oxidation sites excluding steroid dienone is 20. The zero-order valence-corrected chi connectivity index (χ0v) is 55.4. The average Bonchev–Trinajstić information content (AvgIpc) is 3.49. The van der Waals surface area contributed by atoms with Gasteiger partial charge in [0.2, 0.25) is 0 Å². The maximum absolute atomic E-state index is 12.9. The van der Waals surface area contributed by atoms with Crippen molar-refractivity contribution in [3.8, 4) is 0 Å². The van der Waals surface area contributed by atoms with E-state index >= 15 is 0 Å². The molecular weight excluding hydrogens is 1050 g/mol. The molecule has 9 heteroatoms. The monoisotopic (exact) mass is 1180 g/mol. The van der Waals surface area contributed by atoms with Crippen molar-refractivity contribution in [2.24, 2.45) is 0 Å². The quantitative estimate of drug-likeness (QED) is 0.0195. The van der Waals surface area contributed by atoms with Crippen LogP contribution in [-0.4, -0.2) is 82.3 Å². The van der Waals surface area contributed by atoms with Gasteiger partial charge in [-0.1, -0.05) is 283 Å². The molecule has 0 aromatic rings. The molecule has 0 N–H and O–H groups in total. The van der Waals surface area contributed by atoms with Gasteiger partial charge >= 0.3 is 11.9 Å². The molecule has 0 aliphatic rings. The molecule has 85 heavy (non-hydrogen) atoms. The number of hydrogen-bond donors (Lipinski definition) is 0. The first-order valence-corrected chi connectivity index (χ1v) is 34.7. The van der Waals surface area contributed by atoms with Gasteiger partial charge in [0.05, 0.1) is 40.3 Å². The van der Waals surface area contributed by atoms with Gasteiger partial charge in [0, 0.05) is 12.8 Å². The van der Waals surface area contributed by atoms with E-state index in [-0.39, 0.29) is 38.6 Å². The van der Waals surface area contributed by atoms with Crippen LogP contribution in [0.4, 0.5) is 0 Å². The number of likely N-dealkylation sites (N-methyl/N-ethyl adjacent to an activating group) is 1. The average molecular weight is 1180 g/mol. The van der Waals surface area contributed by atoms with Crippen LogP contribution in [0, 0.1) is 0 Å². The fourth-order valence-electron chi connectivity index (χ4n) is 9.41. The van der Waals surface area contributed by atoms with Crippen molar-refractivity contribution in [2.45, 2.75) is 296 Å². The Bertz CT molecular complexity index is 1810. The van der Waals surface area contributed by atoms with Crippen LogP contribution in [-0.2, 0) is 33.3 Å². The molecule has 0 bridgehead atoms. The van der Waals surface area contributed by atoms with Crippen LogP contribution in [0.5, 0.6) is 0 Å². The SMILES string of the molecule is CC/C=C\C/C=C\C/C=C\C/C=C\C/C=C\C/C=C\C/C=C\C/C=C\C/C=C\CCCCCCCC(=O)OC(COC(=O)CCCCCCCCCCCCCCCCC/C=C\CCCCCCCCCC)COC(OCC[N+](C)(C)C)C(=O)[O-]. The largest absolute Gasteiger partial charge is 0.545 e. The van der Waals surface area contributed by atoms with Crippen LogP contribution in [0.25, 0.3) is 0 Å². The fraction of sp³-hybridized carbons (Fsp3) is 0.697. The smallest absolute Gasteiger partial charge is 0.306 e. The summed E-state index contributed by atoms with van der Waals surface area (Å²) in [4.78, 5) is 37.5. The highest BCUT2D eigenvalue weighted by atomic mass is 16.7. The lowest BCUT2D eigenvalue weighted by atomic mass is 10.0. The van der Waals surface area contributed by atoms with E-state index in [1.807, 2.05) is 21.1 Å². The molecule has 0 aromatic carbocycles. The molecule has 0 aliphatic heterocycles. The molecular formula is C76H129NO8. The first-order chi connectivity index (χ1) is 41.6. The van der Waals surface area contributed by atoms with Gasteiger partial charge in [-0.2, -0.15) is 0 Å². The van der Waals surface area contributed by atoms with Crippen molar-refractivity contribution in [1.29, 1.82) is 0 Å². The third-order valence-electron chi connectivity index (χ3n) is 14.7. The molecule has 0 saturated heterocycles. The summed E-state index contributed by atoms with van der Waals surface area (Å²) >= 11 is 0. The number of aliphatic carboxylic acids is 1. The second kappa shape index (κ2) is 65.7. The summed E-state index contributed by atoms with van der Waals surface area (Å²) in [5.74, 6) is -2.31. The van der Waals surface area contributed by atoms with Crippen molar-refractivity contribution in [1.82, 2.24) is 0 Å². The predicted molar refractivity (Wildman–Crippen MR) is 361 cm³/mol. The third kappa shape index (κ3) is 67.1. The summed E-state index contributed by atoms with van der Waals surface area (Å²) in [5, 5.41) is 11.8. The number of hydrogen-bond acceptors (Lipinski definition) is 8. The van der Waals surface area contributed by atoms with Gasteiger partial charge in [0.15, 0.2) is 12.4 Å². The summed E-state index contributed by atoms with van der Waals surface area (Å²) in [6.07, 6.45) is 89.9. The molecule has 0 amide bonds. The van der Waals surface area contributed by atoms with E-state index in [1.165, 1.54) is 141 Å². The molecule has 0 saturated carbocycles. The molecule has 2 atom stereocenters. The lowest BCUT2D eigenvalue weighted by Gasteiger charge is -2.26. The van der Waals surface area contributed by atoms with Crippen molar-refractivity contribution >= 4 is 17.9 Å². The van der Waals surface area contributed by atoms with Gasteiger partial charge in [-0.15, -0.1) is 0 Å². The zero-order chi connectivity index (χ0) is 61.9. The van der Waals surface area contributed by atoms with E-state index in [9.17, 15) is 19.5 Å². The number of carbonyl (C=O) groups excluding carboxylic acids is 3. The van der Waals surface area contributed by atoms with E-state index in [1.54, 1.807) is 0 Å². The molecule has 0 radical (unpaired) electrons. The molecule has 0 heterocycles. The molecule has 486 valence electrons. The van der Waals surface area contributed by atoms with E-state index in [0.717, 1.165) is 109 Å². The first kappa shape index (κ1) is 80.7. The normalized spacial score (nSPS) is 13.5. The number of nitrogens with zero attached hydrogens (tertiary/aromatic N) is 1. The Kier molecular flexibility index (Phi) is 62.3. The first-order valence-electron chi connectivity index (χ1n) is 34.7. The summed E-state index contributed by atoms with van der Waals surface area (Å²) in [6.45, 7) is 4.62. The highest BCUT2D eigenvalue weighted by Gasteiger charge is 2.22. The number of rotatable bonds is 63.